The van der Waals surface area contributed by atoms with Crippen molar-refractivity contribution in [3.05, 3.63) is 61.2 Å². The molecule has 3 aliphatic rings. The molecule has 2 bridgehead atoms. The van der Waals surface area contributed by atoms with Crippen molar-refractivity contribution >= 4 is 33.7 Å². The van der Waals surface area contributed by atoms with Crippen LogP contribution in [0.15, 0.2) is 55.6 Å². The van der Waals surface area contributed by atoms with Crippen LogP contribution in [0.5, 0.6) is 0 Å². The Labute approximate surface area is 271 Å². The molecule has 1 spiro atoms. The molecule has 0 saturated carbocycles. The van der Waals surface area contributed by atoms with Crippen LogP contribution < -0.4 is 0 Å². The minimum absolute atomic E-state index is 0.0866. The van der Waals surface area contributed by atoms with Gasteiger partial charge < -0.3 is 24.4 Å². The first-order chi connectivity index (χ1) is 20.7. The molecule has 1 N–H and O–H groups in total. The smallest absolute Gasteiger partial charge is 0.312 e. The van der Waals surface area contributed by atoms with Crippen molar-refractivity contribution in [2.45, 2.75) is 101 Å². The zero-order chi connectivity index (χ0) is 32.4. The average Bonchev–Trinajstić information content (AvgIpc) is 3.54. The molecule has 1 aromatic carbocycles. The molecule has 7 atom stereocenters. The highest BCUT2D eigenvalue weighted by Gasteiger charge is 2.78. The van der Waals surface area contributed by atoms with Crippen molar-refractivity contribution < 1.29 is 29.0 Å². The summed E-state index contributed by atoms with van der Waals surface area (Å²) in [5, 5.41) is 10.8. The first kappa shape index (κ1) is 34.4. The molecule has 0 aromatic heterocycles. The van der Waals surface area contributed by atoms with Gasteiger partial charge in [0.05, 0.1) is 37.2 Å². The number of ether oxygens (including phenoxy) is 2. The number of alkyl halides is 1. The summed E-state index contributed by atoms with van der Waals surface area (Å²) in [6, 6.07) is 7.36. The molecule has 44 heavy (non-hydrogen) atoms. The number of amides is 2. The highest BCUT2D eigenvalue weighted by Crippen LogP contribution is 2.61. The lowest BCUT2D eigenvalue weighted by molar-refractivity contribution is -0.158. The molecule has 1 aromatic rings. The third kappa shape index (κ3) is 6.42. The van der Waals surface area contributed by atoms with Crippen LogP contribution >= 0.6 is 15.9 Å². The molecule has 3 aliphatic heterocycles. The molecule has 2 amide bonds. The Kier molecular flexibility index (Phi) is 10.5. The van der Waals surface area contributed by atoms with Crippen LogP contribution in [0.1, 0.15) is 78.3 Å². The number of carbonyl (C=O) groups is 3. The molecule has 3 heterocycles. The van der Waals surface area contributed by atoms with E-state index in [4.69, 9.17) is 9.47 Å². The molecule has 4 rings (SSSR count). The maximum Gasteiger partial charge on any atom is 0.312 e. The molecule has 3 unspecified atom stereocenters. The van der Waals surface area contributed by atoms with E-state index >= 15 is 4.79 Å². The number of aliphatic hydroxyl groups is 1. The number of likely N-dealkylation sites (tertiary alicyclic amines) is 1. The topological polar surface area (TPSA) is 96.4 Å². The van der Waals surface area contributed by atoms with Gasteiger partial charge in [0.2, 0.25) is 11.8 Å². The highest BCUT2D eigenvalue weighted by atomic mass is 79.9. The number of allylic oxidation sites excluding steroid dienone is 1. The Morgan fingerprint density at radius 1 is 1.18 bits per heavy atom. The molecule has 8 nitrogen and oxygen atoms in total. The summed E-state index contributed by atoms with van der Waals surface area (Å²) in [6.07, 6.45) is 6.35. The van der Waals surface area contributed by atoms with Crippen LogP contribution in [0, 0.1) is 17.3 Å². The Balaban J connectivity index is 1.80. The number of fused-ring (bicyclic) bond motifs is 1. The van der Waals surface area contributed by atoms with Crippen LogP contribution in [-0.2, 0) is 23.9 Å². The maximum atomic E-state index is 15.0. The molecule has 242 valence electrons. The van der Waals surface area contributed by atoms with Crippen LogP contribution in [0.2, 0.25) is 0 Å². The summed E-state index contributed by atoms with van der Waals surface area (Å²) in [4.78, 5) is 46.4. The predicted octanol–water partition coefficient (Wildman–Crippen LogP) is 5.60. The fraction of sp³-hybridized carbons (Fsp3) is 0.629. The second-order valence-electron chi connectivity index (χ2n) is 14.3. The molecule has 0 radical (unpaired) electrons. The van der Waals surface area contributed by atoms with E-state index in [9.17, 15) is 14.7 Å². The monoisotopic (exact) mass is 672 g/mol. The molecule has 9 heteroatoms. The summed E-state index contributed by atoms with van der Waals surface area (Å²) < 4.78 is 12.4. The summed E-state index contributed by atoms with van der Waals surface area (Å²) in [7, 11) is 0. The van der Waals surface area contributed by atoms with Crippen molar-refractivity contribution in [3.63, 3.8) is 0 Å². The Hall–Kier alpha value is -2.49. The first-order valence-electron chi connectivity index (χ1n) is 15.7. The van der Waals surface area contributed by atoms with Crippen LogP contribution in [0.25, 0.3) is 0 Å². The second kappa shape index (κ2) is 13.5. The molecule has 3 saturated heterocycles. The van der Waals surface area contributed by atoms with Crippen LogP contribution in [-0.4, -0.2) is 80.6 Å². The lowest BCUT2D eigenvalue weighted by atomic mass is 9.70. The van der Waals surface area contributed by atoms with Gasteiger partial charge in [-0.3, -0.25) is 14.4 Å². The average molecular weight is 674 g/mol. The predicted molar refractivity (Wildman–Crippen MR) is 174 cm³/mol. The number of carbonyl (C=O) groups excluding carboxylic acids is 3. The number of rotatable bonds is 14. The van der Waals surface area contributed by atoms with Gasteiger partial charge in [0.1, 0.15) is 11.6 Å². The van der Waals surface area contributed by atoms with Crippen molar-refractivity contribution in [2.24, 2.45) is 17.3 Å². The van der Waals surface area contributed by atoms with E-state index in [1.54, 1.807) is 11.0 Å². The van der Waals surface area contributed by atoms with Gasteiger partial charge in [-0.25, -0.2) is 0 Å². The van der Waals surface area contributed by atoms with Crippen molar-refractivity contribution in [1.29, 1.82) is 0 Å². The van der Waals surface area contributed by atoms with Gasteiger partial charge in [0.25, 0.3) is 0 Å². The van der Waals surface area contributed by atoms with E-state index < -0.39 is 53.7 Å². The number of unbranched alkanes of at least 4 members (excludes halogenated alkanes) is 2. The zero-order valence-corrected chi connectivity index (χ0v) is 28.4. The third-order valence-electron chi connectivity index (χ3n) is 9.24. The van der Waals surface area contributed by atoms with E-state index in [1.807, 2.05) is 50.3 Å². The van der Waals surface area contributed by atoms with E-state index in [2.05, 4.69) is 49.9 Å². The van der Waals surface area contributed by atoms with Crippen molar-refractivity contribution in [3.8, 4) is 0 Å². The zero-order valence-electron chi connectivity index (χ0n) is 26.8. The number of hydrogen-bond acceptors (Lipinski definition) is 6. The number of hydrogen-bond donors (Lipinski definition) is 1. The van der Waals surface area contributed by atoms with Crippen molar-refractivity contribution in [2.75, 3.05) is 19.8 Å². The van der Waals surface area contributed by atoms with Gasteiger partial charge >= 0.3 is 5.97 Å². The summed E-state index contributed by atoms with van der Waals surface area (Å²) in [5.74, 6) is -2.91. The highest BCUT2D eigenvalue weighted by molar-refractivity contribution is 9.09. The van der Waals surface area contributed by atoms with E-state index in [-0.39, 0.29) is 35.2 Å². The Morgan fingerprint density at radius 3 is 2.45 bits per heavy atom. The van der Waals surface area contributed by atoms with Gasteiger partial charge in [-0.2, -0.15) is 0 Å². The second-order valence-corrected chi connectivity index (χ2v) is 15.4. The largest absolute Gasteiger partial charge is 0.465 e. The molecular weight excluding hydrogens is 624 g/mol. The Morgan fingerprint density at radius 2 is 1.86 bits per heavy atom. The summed E-state index contributed by atoms with van der Waals surface area (Å²) in [5.41, 5.74) is -1.24. The van der Waals surface area contributed by atoms with Crippen LogP contribution in [0.4, 0.5) is 0 Å². The number of esters is 1. The minimum atomic E-state index is -1.26. The van der Waals surface area contributed by atoms with Gasteiger partial charge in [0, 0.05) is 16.9 Å². The molecule has 0 aliphatic carbocycles. The van der Waals surface area contributed by atoms with Gasteiger partial charge in [0.15, 0.2) is 0 Å². The third-order valence-corrected chi connectivity index (χ3v) is 10.1. The lowest BCUT2D eigenvalue weighted by Crippen LogP contribution is -2.61. The van der Waals surface area contributed by atoms with Gasteiger partial charge in [-0.05, 0) is 56.9 Å². The molecular formula is C35H49BrN2O6. The summed E-state index contributed by atoms with van der Waals surface area (Å²) >= 11 is 3.74. The molecule has 3 fully saturated rings. The van der Waals surface area contributed by atoms with E-state index in [0.29, 0.717) is 24.8 Å². The number of nitrogens with zero attached hydrogens (tertiary/aromatic N) is 2. The number of aliphatic hydroxyl groups excluding tert-OH is 1. The normalized spacial score (nSPS) is 28.5. The standard InChI is InChI=1S/C35H49BrN2O6/c1-8-10-11-15-19-43-32(42)26-27-30(40)38(25(21-39)23-16-13-12-14-17-23)29(35(27)20-24(36)28(26)44-35)31(41)37(18-9-2)34(6,7)22-33(3,4)5/h8-9,12-14,16-17,24-29,39H,1-2,10-11,15,18-22H2,3-7H3/t24?,25-,26-,27+,28-,29?,35?/m1/s1. The van der Waals surface area contributed by atoms with Gasteiger partial charge in [-0.15, -0.1) is 13.2 Å². The minimum Gasteiger partial charge on any atom is -0.465 e. The van der Waals surface area contributed by atoms with Crippen LogP contribution in [0.3, 0.4) is 0 Å². The fourth-order valence-corrected chi connectivity index (χ4v) is 8.89. The fourth-order valence-electron chi connectivity index (χ4n) is 7.95. The Bertz CT molecular complexity index is 1230. The lowest BCUT2D eigenvalue weighted by Gasteiger charge is -2.46. The van der Waals surface area contributed by atoms with Gasteiger partial charge in [-0.1, -0.05) is 79.2 Å². The van der Waals surface area contributed by atoms with E-state index in [1.165, 1.54) is 4.90 Å². The number of benzene rings is 1. The number of halogens is 1. The van der Waals surface area contributed by atoms with E-state index in [0.717, 1.165) is 12.8 Å². The quantitative estimate of drug-likeness (QED) is 0.120. The SMILES string of the molecule is C=CCCCCOC(=O)[C@H]1[C@@H]2OC3(CC2Br)C(C(=O)N(CC=C)C(C)(C)CC(C)(C)C)N([C@H](CO)c2ccccc2)C(=O)[C@H]13. The maximum absolute atomic E-state index is 15.0. The van der Waals surface area contributed by atoms with Crippen molar-refractivity contribution in [1.82, 2.24) is 9.80 Å². The summed E-state index contributed by atoms with van der Waals surface area (Å²) in [6.45, 7) is 18.2. The first-order valence-corrected chi connectivity index (χ1v) is 16.7.